The molecule has 0 saturated carbocycles. The van der Waals surface area contributed by atoms with Crippen molar-refractivity contribution in [3.8, 4) is 0 Å². The van der Waals surface area contributed by atoms with Gasteiger partial charge in [0.1, 0.15) is 0 Å². The molecule has 0 aliphatic rings. The molecule has 0 aliphatic heterocycles. The van der Waals surface area contributed by atoms with E-state index < -0.39 is 5.97 Å². The van der Waals surface area contributed by atoms with E-state index in [-0.39, 0.29) is 0 Å². The van der Waals surface area contributed by atoms with Crippen molar-refractivity contribution in [1.82, 2.24) is 14.3 Å². The Morgan fingerprint density at radius 2 is 2.17 bits per heavy atom. The zero-order chi connectivity index (χ0) is 13.3. The summed E-state index contributed by atoms with van der Waals surface area (Å²) < 4.78 is 3.81. The van der Waals surface area contributed by atoms with E-state index in [1.165, 1.54) is 0 Å². The van der Waals surface area contributed by atoms with E-state index in [1.807, 2.05) is 37.9 Å². The maximum atomic E-state index is 11.0. The molecule has 2 heterocycles. The fourth-order valence-corrected chi connectivity index (χ4v) is 2.20. The molecule has 0 aromatic carbocycles. The van der Waals surface area contributed by atoms with E-state index in [0.717, 1.165) is 29.9 Å². The van der Waals surface area contributed by atoms with Crippen molar-refractivity contribution < 1.29 is 9.90 Å². The first kappa shape index (κ1) is 12.4. The summed E-state index contributed by atoms with van der Waals surface area (Å²) in [5, 5.41) is 13.2. The lowest BCUT2D eigenvalue weighted by Crippen LogP contribution is -2.06. The van der Waals surface area contributed by atoms with Crippen LogP contribution in [0, 0.1) is 13.8 Å². The molecule has 0 aliphatic carbocycles. The van der Waals surface area contributed by atoms with Crippen LogP contribution in [0.5, 0.6) is 0 Å². The topological polar surface area (TPSA) is 60.0 Å². The largest absolute Gasteiger partial charge is 0.478 e. The second-order valence-electron chi connectivity index (χ2n) is 4.51. The average Bonchev–Trinajstić information content (AvgIpc) is 2.82. The van der Waals surface area contributed by atoms with Gasteiger partial charge in [-0.25, -0.2) is 4.79 Å². The minimum atomic E-state index is -0.865. The Morgan fingerprint density at radius 1 is 1.44 bits per heavy atom. The summed E-state index contributed by atoms with van der Waals surface area (Å²) in [7, 11) is 1.89. The van der Waals surface area contributed by atoms with Crippen molar-refractivity contribution in [3.05, 3.63) is 41.0 Å². The van der Waals surface area contributed by atoms with Crippen molar-refractivity contribution in [3.63, 3.8) is 0 Å². The zero-order valence-electron chi connectivity index (χ0n) is 10.8. The number of carboxylic acid groups (broad SMARTS) is 1. The number of carboxylic acids is 1. The van der Waals surface area contributed by atoms with E-state index in [1.54, 1.807) is 10.7 Å². The maximum absolute atomic E-state index is 11.0. The third kappa shape index (κ3) is 2.30. The SMILES string of the molecule is Cc1cc(C(=O)O)c(C)n1CCc1cnn(C)c1. The molecule has 0 unspecified atom stereocenters. The Kier molecular flexibility index (Phi) is 3.23. The summed E-state index contributed by atoms with van der Waals surface area (Å²) in [5.74, 6) is -0.865. The maximum Gasteiger partial charge on any atom is 0.337 e. The van der Waals surface area contributed by atoms with Crippen LogP contribution in [-0.2, 0) is 20.0 Å². The summed E-state index contributed by atoms with van der Waals surface area (Å²) in [6.45, 7) is 4.55. The molecule has 0 atom stereocenters. The molecule has 0 saturated heterocycles. The van der Waals surface area contributed by atoms with Gasteiger partial charge in [0, 0.05) is 31.2 Å². The highest BCUT2D eigenvalue weighted by Gasteiger charge is 2.14. The van der Waals surface area contributed by atoms with Gasteiger partial charge >= 0.3 is 5.97 Å². The molecule has 0 amide bonds. The number of rotatable bonds is 4. The van der Waals surface area contributed by atoms with Gasteiger partial charge in [-0.15, -0.1) is 0 Å². The highest BCUT2D eigenvalue weighted by atomic mass is 16.4. The molecule has 1 N–H and O–H groups in total. The Hall–Kier alpha value is -2.04. The lowest BCUT2D eigenvalue weighted by atomic mass is 10.2. The fraction of sp³-hybridized carbons (Fsp3) is 0.385. The van der Waals surface area contributed by atoms with Crippen LogP contribution in [0.15, 0.2) is 18.5 Å². The monoisotopic (exact) mass is 247 g/mol. The molecule has 18 heavy (non-hydrogen) atoms. The van der Waals surface area contributed by atoms with Gasteiger partial charge in [0.2, 0.25) is 0 Å². The standard InChI is InChI=1S/C13H17N3O2/c1-9-6-12(13(17)18)10(2)16(9)5-4-11-7-14-15(3)8-11/h6-8H,4-5H2,1-3H3,(H,17,18). The van der Waals surface area contributed by atoms with E-state index in [0.29, 0.717) is 5.56 Å². The van der Waals surface area contributed by atoms with Crippen LogP contribution in [0.3, 0.4) is 0 Å². The van der Waals surface area contributed by atoms with Crippen LogP contribution >= 0.6 is 0 Å². The summed E-state index contributed by atoms with van der Waals surface area (Å²) in [5.41, 5.74) is 3.33. The van der Waals surface area contributed by atoms with Gasteiger partial charge in [-0.2, -0.15) is 5.10 Å². The summed E-state index contributed by atoms with van der Waals surface area (Å²) in [6.07, 6.45) is 4.67. The van der Waals surface area contributed by atoms with Crippen molar-refractivity contribution in [1.29, 1.82) is 0 Å². The van der Waals surface area contributed by atoms with Gasteiger partial charge in [-0.3, -0.25) is 4.68 Å². The Morgan fingerprint density at radius 3 is 2.67 bits per heavy atom. The third-order valence-electron chi connectivity index (χ3n) is 3.19. The summed E-state index contributed by atoms with van der Waals surface area (Å²) >= 11 is 0. The van der Waals surface area contributed by atoms with E-state index in [9.17, 15) is 4.79 Å². The smallest absolute Gasteiger partial charge is 0.337 e. The predicted octanol–water partition coefficient (Wildman–Crippen LogP) is 1.78. The van der Waals surface area contributed by atoms with Gasteiger partial charge in [-0.05, 0) is 31.9 Å². The molecular formula is C13H17N3O2. The van der Waals surface area contributed by atoms with Gasteiger partial charge < -0.3 is 9.67 Å². The molecule has 2 aromatic rings. The van der Waals surface area contributed by atoms with Crippen LogP contribution in [0.1, 0.15) is 27.3 Å². The third-order valence-corrected chi connectivity index (χ3v) is 3.19. The number of hydrogen-bond acceptors (Lipinski definition) is 2. The van der Waals surface area contributed by atoms with E-state index >= 15 is 0 Å². The Balaban J connectivity index is 2.17. The quantitative estimate of drug-likeness (QED) is 0.895. The number of carbonyl (C=O) groups is 1. The van der Waals surface area contributed by atoms with Crippen LogP contribution < -0.4 is 0 Å². The minimum absolute atomic E-state index is 0.388. The lowest BCUT2D eigenvalue weighted by molar-refractivity contribution is 0.0696. The molecule has 2 rings (SSSR count). The highest BCUT2D eigenvalue weighted by Crippen LogP contribution is 2.16. The molecule has 0 bridgehead atoms. The zero-order valence-corrected chi connectivity index (χ0v) is 10.8. The van der Waals surface area contributed by atoms with Gasteiger partial charge in [0.25, 0.3) is 0 Å². The molecular weight excluding hydrogens is 230 g/mol. The van der Waals surface area contributed by atoms with Crippen molar-refractivity contribution in [2.24, 2.45) is 7.05 Å². The number of aromatic nitrogens is 3. The first-order valence-electron chi connectivity index (χ1n) is 5.86. The molecule has 0 spiro atoms. The number of aryl methyl sites for hydroxylation is 3. The van der Waals surface area contributed by atoms with Gasteiger partial charge in [0.05, 0.1) is 11.8 Å². The Labute approximate surface area is 106 Å². The first-order chi connectivity index (χ1) is 8.49. The van der Waals surface area contributed by atoms with Crippen LogP contribution in [-0.4, -0.2) is 25.4 Å². The predicted molar refractivity (Wildman–Crippen MR) is 67.8 cm³/mol. The average molecular weight is 247 g/mol. The minimum Gasteiger partial charge on any atom is -0.478 e. The highest BCUT2D eigenvalue weighted by molar-refractivity contribution is 5.89. The second kappa shape index (κ2) is 4.68. The van der Waals surface area contributed by atoms with Crippen LogP contribution in [0.2, 0.25) is 0 Å². The first-order valence-corrected chi connectivity index (χ1v) is 5.86. The molecule has 5 heteroatoms. The summed E-state index contributed by atoms with van der Waals surface area (Å²) in [4.78, 5) is 11.0. The lowest BCUT2D eigenvalue weighted by Gasteiger charge is -2.08. The van der Waals surface area contributed by atoms with Crippen LogP contribution in [0.4, 0.5) is 0 Å². The number of aromatic carboxylic acids is 1. The molecule has 0 fully saturated rings. The van der Waals surface area contributed by atoms with Crippen molar-refractivity contribution >= 4 is 5.97 Å². The van der Waals surface area contributed by atoms with Crippen molar-refractivity contribution in [2.75, 3.05) is 0 Å². The number of nitrogens with zero attached hydrogens (tertiary/aromatic N) is 3. The normalized spacial score (nSPS) is 10.8. The van der Waals surface area contributed by atoms with E-state index in [4.69, 9.17) is 5.11 Å². The Bertz CT molecular complexity index is 581. The van der Waals surface area contributed by atoms with Gasteiger partial charge in [0.15, 0.2) is 0 Å². The molecule has 96 valence electrons. The van der Waals surface area contributed by atoms with Gasteiger partial charge in [-0.1, -0.05) is 0 Å². The van der Waals surface area contributed by atoms with E-state index in [2.05, 4.69) is 5.10 Å². The second-order valence-corrected chi connectivity index (χ2v) is 4.51. The summed E-state index contributed by atoms with van der Waals surface area (Å²) in [6, 6.07) is 1.72. The fourth-order valence-electron chi connectivity index (χ4n) is 2.20. The molecule has 5 nitrogen and oxygen atoms in total. The number of hydrogen-bond donors (Lipinski definition) is 1. The van der Waals surface area contributed by atoms with Crippen molar-refractivity contribution in [2.45, 2.75) is 26.8 Å². The van der Waals surface area contributed by atoms with Crippen LogP contribution in [0.25, 0.3) is 0 Å². The molecule has 2 aromatic heterocycles. The molecule has 0 radical (unpaired) electrons.